The smallest absolute Gasteiger partial charge is 0.272 e. The summed E-state index contributed by atoms with van der Waals surface area (Å²) in [5, 5.41) is 7.84. The second kappa shape index (κ2) is 9.07. The first-order valence-electron chi connectivity index (χ1n) is 9.75. The van der Waals surface area contributed by atoms with Crippen LogP contribution in [0.15, 0.2) is 72.9 Å². The average Bonchev–Trinajstić information content (AvgIpc) is 3.24. The lowest BCUT2D eigenvalue weighted by atomic mass is 10.2. The fourth-order valence-electron chi connectivity index (χ4n) is 3.49. The van der Waals surface area contributed by atoms with Gasteiger partial charge in [0.15, 0.2) is 0 Å². The zero-order chi connectivity index (χ0) is 20.1. The van der Waals surface area contributed by atoms with Crippen molar-refractivity contribution in [3.63, 3.8) is 0 Å². The van der Waals surface area contributed by atoms with Gasteiger partial charge in [0.2, 0.25) is 0 Å². The van der Waals surface area contributed by atoms with Gasteiger partial charge in [-0.25, -0.2) is 5.01 Å². The number of halogens is 1. The summed E-state index contributed by atoms with van der Waals surface area (Å²) in [6.45, 7) is 3.03. The van der Waals surface area contributed by atoms with E-state index >= 15 is 0 Å². The first kappa shape index (κ1) is 19.4. The van der Waals surface area contributed by atoms with Gasteiger partial charge >= 0.3 is 0 Å². The second-order valence-electron chi connectivity index (χ2n) is 7.01. The molecular weight excluding hydrogens is 384 g/mol. The molecule has 0 unspecified atom stereocenters. The molecule has 3 aromatic rings. The van der Waals surface area contributed by atoms with E-state index in [9.17, 15) is 4.79 Å². The third kappa shape index (κ3) is 4.75. The van der Waals surface area contributed by atoms with E-state index < -0.39 is 0 Å². The van der Waals surface area contributed by atoms with Gasteiger partial charge in [0.05, 0.1) is 11.4 Å². The Bertz CT molecular complexity index is 962. The molecule has 4 rings (SSSR count). The summed E-state index contributed by atoms with van der Waals surface area (Å²) in [4.78, 5) is 17.3. The number of amides is 1. The first-order valence-corrected chi connectivity index (χ1v) is 10.1. The predicted molar refractivity (Wildman–Crippen MR) is 116 cm³/mol. The van der Waals surface area contributed by atoms with E-state index in [4.69, 9.17) is 11.6 Å². The molecule has 0 saturated carbocycles. The lowest BCUT2D eigenvalue weighted by molar-refractivity contribution is 0.0776. The monoisotopic (exact) mass is 406 g/mol. The maximum absolute atomic E-state index is 12.9. The van der Waals surface area contributed by atoms with Crippen LogP contribution in [-0.2, 0) is 13.1 Å². The summed E-state index contributed by atoms with van der Waals surface area (Å²) >= 11 is 6.05. The van der Waals surface area contributed by atoms with Gasteiger partial charge in [0.25, 0.3) is 5.91 Å². The Hall–Kier alpha value is -2.89. The molecule has 0 aliphatic carbocycles. The van der Waals surface area contributed by atoms with Crippen molar-refractivity contribution in [2.45, 2.75) is 19.5 Å². The molecule has 29 heavy (non-hydrogen) atoms. The highest BCUT2D eigenvalue weighted by atomic mass is 35.5. The molecule has 148 valence electrons. The number of hydrogen-bond acceptors (Lipinski definition) is 4. The molecule has 6 heteroatoms. The normalized spacial score (nSPS) is 13.7. The Morgan fingerprint density at radius 3 is 2.62 bits per heavy atom. The molecule has 5 nitrogen and oxygen atoms in total. The maximum atomic E-state index is 12.9. The Morgan fingerprint density at radius 2 is 1.86 bits per heavy atom. The quantitative estimate of drug-likeness (QED) is 0.663. The van der Waals surface area contributed by atoms with Crippen LogP contribution in [0, 0.1) is 0 Å². The fourth-order valence-corrected chi connectivity index (χ4v) is 3.68. The number of nitrogens with zero attached hydrogens (tertiary/aromatic N) is 3. The number of hydrogen-bond donors (Lipinski definition) is 1. The molecule has 1 amide bonds. The van der Waals surface area contributed by atoms with Crippen LogP contribution in [-0.4, -0.2) is 29.0 Å². The highest BCUT2D eigenvalue weighted by molar-refractivity contribution is 6.30. The standard InChI is InChI=1S/C23H23ClN4O/c24-20-6-3-5-19(15-20)23(29)28-14-4-13-27(28)22-10-8-18(9-11-22)16-25-17-21-7-1-2-12-26-21/h1-3,5-12,15,25H,4,13-14,16-17H2. The van der Waals surface area contributed by atoms with E-state index in [0.29, 0.717) is 17.1 Å². The third-order valence-corrected chi connectivity index (χ3v) is 5.17. The van der Waals surface area contributed by atoms with E-state index in [1.807, 2.05) is 29.3 Å². The van der Waals surface area contributed by atoms with Crippen molar-refractivity contribution in [3.8, 4) is 0 Å². The van der Waals surface area contributed by atoms with Gasteiger partial charge in [0.1, 0.15) is 0 Å². The highest BCUT2D eigenvalue weighted by Gasteiger charge is 2.27. The van der Waals surface area contributed by atoms with Crippen molar-refractivity contribution >= 4 is 23.2 Å². The van der Waals surface area contributed by atoms with E-state index in [1.54, 1.807) is 29.4 Å². The fraction of sp³-hybridized carbons (Fsp3) is 0.217. The minimum absolute atomic E-state index is 0.0221. The van der Waals surface area contributed by atoms with Crippen LogP contribution in [0.3, 0.4) is 0 Å². The molecular formula is C23H23ClN4O. The number of anilines is 1. The van der Waals surface area contributed by atoms with Crippen LogP contribution in [0.25, 0.3) is 0 Å². The number of nitrogens with one attached hydrogen (secondary N) is 1. The molecule has 0 atom stereocenters. The molecule has 1 aromatic heterocycles. The summed E-state index contributed by atoms with van der Waals surface area (Å²) in [5.74, 6) is -0.0221. The molecule has 0 radical (unpaired) electrons. The van der Waals surface area contributed by atoms with Crippen LogP contribution in [0.5, 0.6) is 0 Å². The molecule has 1 aliphatic rings. The Labute approximate surface area is 175 Å². The number of aromatic nitrogens is 1. The topological polar surface area (TPSA) is 48.5 Å². The summed E-state index contributed by atoms with van der Waals surface area (Å²) in [7, 11) is 0. The van der Waals surface area contributed by atoms with Crippen molar-refractivity contribution in [1.82, 2.24) is 15.3 Å². The zero-order valence-electron chi connectivity index (χ0n) is 16.1. The molecule has 1 N–H and O–H groups in total. The predicted octanol–water partition coefficient (Wildman–Crippen LogP) is 4.29. The van der Waals surface area contributed by atoms with E-state index in [-0.39, 0.29) is 5.91 Å². The van der Waals surface area contributed by atoms with Gasteiger partial charge in [-0.3, -0.25) is 14.8 Å². The molecule has 1 saturated heterocycles. The lowest BCUT2D eigenvalue weighted by Crippen LogP contribution is -2.41. The average molecular weight is 407 g/mol. The number of benzene rings is 2. The van der Waals surface area contributed by atoms with Crippen LogP contribution < -0.4 is 10.3 Å². The SMILES string of the molecule is O=C(c1cccc(Cl)c1)N1CCCN1c1ccc(CNCc2ccccn2)cc1. The molecule has 1 fully saturated rings. The number of pyridine rings is 1. The molecule has 0 spiro atoms. The van der Waals surface area contributed by atoms with Gasteiger partial charge in [-0.15, -0.1) is 0 Å². The van der Waals surface area contributed by atoms with E-state index in [2.05, 4.69) is 34.6 Å². The van der Waals surface area contributed by atoms with Gasteiger partial charge in [-0.2, -0.15) is 0 Å². The molecule has 1 aliphatic heterocycles. The first-order chi connectivity index (χ1) is 14.2. The largest absolute Gasteiger partial charge is 0.307 e. The van der Waals surface area contributed by atoms with Crippen molar-refractivity contribution < 1.29 is 4.79 Å². The minimum atomic E-state index is -0.0221. The van der Waals surface area contributed by atoms with E-state index in [1.165, 1.54) is 5.56 Å². The molecule has 2 heterocycles. The second-order valence-corrected chi connectivity index (χ2v) is 7.44. The van der Waals surface area contributed by atoms with Crippen LogP contribution in [0.1, 0.15) is 28.0 Å². The highest BCUT2D eigenvalue weighted by Crippen LogP contribution is 2.24. The van der Waals surface area contributed by atoms with Gasteiger partial charge in [-0.1, -0.05) is 35.9 Å². The van der Waals surface area contributed by atoms with Gasteiger partial charge in [-0.05, 0) is 54.4 Å². The summed E-state index contributed by atoms with van der Waals surface area (Å²) in [6.07, 6.45) is 2.75. The van der Waals surface area contributed by atoms with Crippen LogP contribution >= 0.6 is 11.6 Å². The number of carbonyl (C=O) groups is 1. The van der Waals surface area contributed by atoms with Crippen LogP contribution in [0.4, 0.5) is 5.69 Å². The van der Waals surface area contributed by atoms with Crippen molar-refractivity contribution in [2.75, 3.05) is 18.1 Å². The minimum Gasteiger partial charge on any atom is -0.307 e. The number of hydrazine groups is 1. The zero-order valence-corrected chi connectivity index (χ0v) is 16.8. The summed E-state index contributed by atoms with van der Waals surface area (Å²) in [6, 6.07) is 21.4. The third-order valence-electron chi connectivity index (χ3n) is 4.93. The van der Waals surface area contributed by atoms with E-state index in [0.717, 1.165) is 37.4 Å². The van der Waals surface area contributed by atoms with Crippen LogP contribution in [0.2, 0.25) is 5.02 Å². The van der Waals surface area contributed by atoms with Crippen molar-refractivity contribution in [1.29, 1.82) is 0 Å². The summed E-state index contributed by atoms with van der Waals surface area (Å²) in [5.41, 5.74) is 3.85. The summed E-state index contributed by atoms with van der Waals surface area (Å²) < 4.78 is 0. The number of rotatable bonds is 6. The Balaban J connectivity index is 1.39. The Morgan fingerprint density at radius 1 is 1.00 bits per heavy atom. The molecule has 0 bridgehead atoms. The lowest BCUT2D eigenvalue weighted by Gasteiger charge is -2.30. The Kier molecular flexibility index (Phi) is 6.08. The number of carbonyl (C=O) groups excluding carboxylic acids is 1. The van der Waals surface area contributed by atoms with Crippen molar-refractivity contribution in [2.24, 2.45) is 0 Å². The maximum Gasteiger partial charge on any atom is 0.272 e. The van der Waals surface area contributed by atoms with Crippen molar-refractivity contribution in [3.05, 3.63) is 94.8 Å². The molecule has 2 aromatic carbocycles. The van der Waals surface area contributed by atoms with Gasteiger partial charge < -0.3 is 5.32 Å². The van der Waals surface area contributed by atoms with Gasteiger partial charge in [0, 0.05) is 43.0 Å².